The zero-order valence-corrected chi connectivity index (χ0v) is 23.4. The van der Waals surface area contributed by atoms with E-state index in [1.54, 1.807) is 11.0 Å². The molecule has 6 rings (SSSR count). The van der Waals surface area contributed by atoms with E-state index in [0.29, 0.717) is 27.9 Å². The van der Waals surface area contributed by atoms with Crippen LogP contribution in [0.4, 0.5) is 10.5 Å². The largest absolute Gasteiger partial charge is 0.439 e. The molecule has 2 aromatic rings. The van der Waals surface area contributed by atoms with E-state index in [9.17, 15) is 14.4 Å². The summed E-state index contributed by atoms with van der Waals surface area (Å²) in [6, 6.07) is 12.5. The van der Waals surface area contributed by atoms with Crippen LogP contribution in [0.1, 0.15) is 44.7 Å². The van der Waals surface area contributed by atoms with Crippen molar-refractivity contribution in [1.29, 1.82) is 0 Å². The normalized spacial score (nSPS) is 27.5. The summed E-state index contributed by atoms with van der Waals surface area (Å²) in [5.41, 5.74) is 2.11. The lowest BCUT2D eigenvalue weighted by molar-refractivity contribution is -0.121. The lowest BCUT2D eigenvalue weighted by Crippen LogP contribution is -2.62. The monoisotopic (exact) mass is 562 g/mol. The molecule has 0 radical (unpaired) electrons. The summed E-state index contributed by atoms with van der Waals surface area (Å²) < 4.78 is 5.89. The van der Waals surface area contributed by atoms with Crippen molar-refractivity contribution in [2.24, 2.45) is 5.92 Å². The molecule has 11 heteroatoms. The van der Waals surface area contributed by atoms with Gasteiger partial charge < -0.3 is 26.0 Å². The fourth-order valence-corrected chi connectivity index (χ4v) is 7.72. The molecule has 10 nitrogen and oxygen atoms in total. The minimum absolute atomic E-state index is 0.0240. The molecule has 1 saturated carbocycles. The number of thioether (sulfide) groups is 1. The summed E-state index contributed by atoms with van der Waals surface area (Å²) in [5.74, 6) is 0.815. The van der Waals surface area contributed by atoms with Crippen molar-refractivity contribution in [3.63, 3.8) is 0 Å². The molecule has 40 heavy (non-hydrogen) atoms. The molecule has 1 aliphatic carbocycles. The van der Waals surface area contributed by atoms with Gasteiger partial charge >= 0.3 is 6.03 Å². The number of nitrogens with one attached hydrogen (secondary N) is 4. The second-order valence-corrected chi connectivity index (χ2v) is 11.9. The molecule has 210 valence electrons. The van der Waals surface area contributed by atoms with Gasteiger partial charge in [0.2, 0.25) is 11.8 Å². The third-order valence-electron chi connectivity index (χ3n) is 8.08. The Balaban J connectivity index is 1.23. The summed E-state index contributed by atoms with van der Waals surface area (Å²) in [6.45, 7) is 4.12. The van der Waals surface area contributed by atoms with Gasteiger partial charge in [-0.2, -0.15) is 0 Å². The molecule has 4 aliphatic rings. The van der Waals surface area contributed by atoms with Crippen LogP contribution in [0.25, 0.3) is 0 Å². The van der Waals surface area contributed by atoms with Crippen molar-refractivity contribution in [1.82, 2.24) is 26.3 Å². The molecule has 4 N–H and O–H groups in total. The van der Waals surface area contributed by atoms with Gasteiger partial charge in [0.1, 0.15) is 5.75 Å². The Labute approximate surface area is 237 Å². The third-order valence-corrected chi connectivity index (χ3v) is 9.43. The maximum atomic E-state index is 13.6. The second-order valence-electron chi connectivity index (χ2n) is 10.8. The van der Waals surface area contributed by atoms with Crippen molar-refractivity contribution in [2.75, 3.05) is 11.4 Å². The number of pyridine rings is 1. The molecule has 0 bridgehead atoms. The standard InChI is InChI=1S/C29H34N6O4S/c1-16-21(12-13-23(31-16)39-18-8-4-3-5-9-18)35-22-14-15-30-28-24(22)25(34-29(35)38)26(40-28)27(37)33-20-11-7-6-10-19(20)32-17(2)36/h3-5,8-9,12-13,19-20,22,24,28,30H,6-7,10-11,14-15H2,1-2H3,(H,32,36)(H,33,37)(H,34,38)/t19-,20+,22?,24?,28?/m0/s1. The van der Waals surface area contributed by atoms with Crippen LogP contribution in [0, 0.1) is 12.8 Å². The highest BCUT2D eigenvalue weighted by Gasteiger charge is 2.52. The lowest BCUT2D eigenvalue weighted by atomic mass is 9.86. The van der Waals surface area contributed by atoms with Gasteiger partial charge in [-0.05, 0) is 50.9 Å². The van der Waals surface area contributed by atoms with E-state index in [-0.39, 0.29) is 47.3 Å². The summed E-state index contributed by atoms with van der Waals surface area (Å²) in [5, 5.41) is 12.8. The molecule has 4 amide bonds. The number of aromatic nitrogens is 1. The number of rotatable bonds is 6. The van der Waals surface area contributed by atoms with Crippen LogP contribution >= 0.6 is 11.8 Å². The van der Waals surface area contributed by atoms with Crippen molar-refractivity contribution in [3.05, 3.63) is 58.8 Å². The number of carbonyl (C=O) groups is 3. The van der Waals surface area contributed by atoms with Gasteiger partial charge in [-0.25, -0.2) is 9.78 Å². The first kappa shape index (κ1) is 26.6. The Morgan fingerprint density at radius 1 is 1.05 bits per heavy atom. The third kappa shape index (κ3) is 5.15. The first-order valence-electron chi connectivity index (χ1n) is 13.9. The summed E-state index contributed by atoms with van der Waals surface area (Å²) in [7, 11) is 0. The summed E-state index contributed by atoms with van der Waals surface area (Å²) in [4.78, 5) is 45.9. The minimum Gasteiger partial charge on any atom is -0.439 e. The number of hydrogen-bond acceptors (Lipinski definition) is 7. The molecule has 0 spiro atoms. The number of hydrogen-bond donors (Lipinski definition) is 4. The van der Waals surface area contributed by atoms with E-state index >= 15 is 0 Å². The Morgan fingerprint density at radius 2 is 1.80 bits per heavy atom. The van der Waals surface area contributed by atoms with E-state index in [1.807, 2.05) is 43.3 Å². The van der Waals surface area contributed by atoms with Crippen LogP contribution in [0.2, 0.25) is 0 Å². The van der Waals surface area contributed by atoms with E-state index in [1.165, 1.54) is 18.7 Å². The average Bonchev–Trinajstić information content (AvgIpc) is 3.30. The van der Waals surface area contributed by atoms with Gasteiger partial charge in [0, 0.05) is 36.7 Å². The van der Waals surface area contributed by atoms with Crippen molar-refractivity contribution >= 4 is 35.3 Å². The van der Waals surface area contributed by atoms with Gasteiger partial charge in [0.05, 0.1) is 27.7 Å². The van der Waals surface area contributed by atoms with E-state index in [4.69, 9.17) is 4.74 Å². The molecular weight excluding hydrogens is 528 g/mol. The van der Waals surface area contributed by atoms with Gasteiger partial charge in [0.25, 0.3) is 5.91 Å². The van der Waals surface area contributed by atoms with Crippen LogP contribution in [-0.4, -0.2) is 52.9 Å². The van der Waals surface area contributed by atoms with Gasteiger partial charge in [-0.3, -0.25) is 14.5 Å². The van der Waals surface area contributed by atoms with Gasteiger partial charge in [-0.1, -0.05) is 42.8 Å². The molecule has 3 aliphatic heterocycles. The highest BCUT2D eigenvalue weighted by molar-refractivity contribution is 8.04. The zero-order valence-electron chi connectivity index (χ0n) is 22.6. The quantitative estimate of drug-likeness (QED) is 0.425. The number of benzene rings is 1. The van der Waals surface area contributed by atoms with E-state index in [0.717, 1.165) is 44.3 Å². The van der Waals surface area contributed by atoms with E-state index in [2.05, 4.69) is 26.3 Å². The summed E-state index contributed by atoms with van der Waals surface area (Å²) in [6.07, 6.45) is 4.43. The maximum absolute atomic E-state index is 13.6. The topological polar surface area (TPSA) is 125 Å². The fraction of sp³-hybridized carbons (Fsp3) is 0.448. The number of urea groups is 1. The number of carbonyl (C=O) groups excluding carboxylic acids is 3. The Kier molecular flexibility index (Phi) is 7.41. The fourth-order valence-electron chi connectivity index (χ4n) is 6.32. The summed E-state index contributed by atoms with van der Waals surface area (Å²) >= 11 is 1.48. The predicted molar refractivity (Wildman–Crippen MR) is 153 cm³/mol. The Hall–Kier alpha value is -3.57. The molecular formula is C29H34N6O4S. The number of anilines is 1. The zero-order chi connectivity index (χ0) is 27.8. The number of para-hydroxylation sites is 1. The molecule has 2 saturated heterocycles. The number of piperidine rings is 1. The maximum Gasteiger partial charge on any atom is 0.326 e. The molecule has 4 heterocycles. The lowest BCUT2D eigenvalue weighted by Gasteiger charge is -2.46. The Morgan fingerprint density at radius 3 is 2.52 bits per heavy atom. The van der Waals surface area contributed by atoms with Crippen molar-refractivity contribution in [3.8, 4) is 11.6 Å². The van der Waals surface area contributed by atoms with Crippen LogP contribution in [-0.2, 0) is 9.59 Å². The van der Waals surface area contributed by atoms with Crippen molar-refractivity contribution in [2.45, 2.75) is 69.5 Å². The number of amides is 4. The number of aryl methyl sites for hydroxylation is 1. The highest BCUT2D eigenvalue weighted by atomic mass is 32.2. The van der Waals surface area contributed by atoms with Crippen LogP contribution in [0.3, 0.4) is 0 Å². The SMILES string of the molecule is CC(=O)N[C@H]1CCCC[C@H]1NC(=O)C1=C2NC(=O)N(c3ccc(Oc4ccccc4)nc3C)C3CCNC(S1)C23. The first-order chi connectivity index (χ1) is 19.4. The van der Waals surface area contributed by atoms with Gasteiger partial charge in [0.15, 0.2) is 0 Å². The van der Waals surface area contributed by atoms with Crippen LogP contribution in [0.5, 0.6) is 11.6 Å². The second kappa shape index (κ2) is 11.1. The smallest absolute Gasteiger partial charge is 0.326 e. The van der Waals surface area contributed by atoms with Crippen LogP contribution in [0.15, 0.2) is 53.1 Å². The average molecular weight is 563 g/mol. The molecule has 1 aromatic carbocycles. The van der Waals surface area contributed by atoms with E-state index < -0.39 is 0 Å². The molecule has 3 unspecified atom stereocenters. The van der Waals surface area contributed by atoms with Crippen molar-refractivity contribution < 1.29 is 19.1 Å². The first-order valence-corrected chi connectivity index (χ1v) is 14.8. The van der Waals surface area contributed by atoms with Gasteiger partial charge in [-0.15, -0.1) is 0 Å². The predicted octanol–water partition coefficient (Wildman–Crippen LogP) is 3.54. The molecule has 3 fully saturated rings. The van der Waals surface area contributed by atoms with Crippen LogP contribution < -0.4 is 30.9 Å². The highest BCUT2D eigenvalue weighted by Crippen LogP contribution is 2.48. The Bertz CT molecular complexity index is 1350. The number of nitrogens with zero attached hydrogens (tertiary/aromatic N) is 2. The number of ether oxygens (including phenoxy) is 1. The molecule has 5 atom stereocenters. The minimum atomic E-state index is -0.264. The molecule has 1 aromatic heterocycles.